The summed E-state index contributed by atoms with van der Waals surface area (Å²) >= 11 is 1.84. The maximum Gasteiger partial charge on any atom is 0.186 e. The number of hydrogen-bond acceptors (Lipinski definition) is 4. The smallest absolute Gasteiger partial charge is 0.186 e. The van der Waals surface area contributed by atoms with Gasteiger partial charge in [0.2, 0.25) is 0 Å². The van der Waals surface area contributed by atoms with Gasteiger partial charge in [-0.1, -0.05) is 34.6 Å². The van der Waals surface area contributed by atoms with E-state index >= 15 is 0 Å². The quantitative estimate of drug-likeness (QED) is 0.859. The van der Waals surface area contributed by atoms with Crippen LogP contribution in [0.5, 0.6) is 0 Å². The van der Waals surface area contributed by atoms with Gasteiger partial charge in [0.25, 0.3) is 0 Å². The van der Waals surface area contributed by atoms with E-state index in [1.54, 1.807) is 0 Å². The predicted octanol–water partition coefficient (Wildman–Crippen LogP) is 4.03. The number of nitrogens with zero attached hydrogens (tertiary/aromatic N) is 2. The molecule has 0 fully saturated rings. The van der Waals surface area contributed by atoms with Crippen LogP contribution in [0.4, 0.5) is 5.13 Å². The highest BCUT2D eigenvalue weighted by atomic mass is 32.1. The van der Waals surface area contributed by atoms with Gasteiger partial charge in [-0.05, 0) is 26.8 Å². The van der Waals surface area contributed by atoms with Gasteiger partial charge in [0, 0.05) is 29.4 Å². The first-order valence-corrected chi connectivity index (χ1v) is 8.39. The summed E-state index contributed by atoms with van der Waals surface area (Å²) in [6, 6.07) is 0.485. The molecular weight excluding hydrogens is 266 g/mol. The third kappa shape index (κ3) is 4.45. The molecule has 1 aromatic rings. The van der Waals surface area contributed by atoms with E-state index in [-0.39, 0.29) is 5.41 Å². The fourth-order valence-electron chi connectivity index (χ4n) is 2.23. The topological polar surface area (TPSA) is 28.2 Å². The van der Waals surface area contributed by atoms with Gasteiger partial charge < -0.3 is 10.2 Å². The van der Waals surface area contributed by atoms with E-state index in [0.29, 0.717) is 12.0 Å². The SMILES string of the molecule is CNCc1sc(N(CC(C)C)C(C)C)nc1C(C)(C)C. The summed E-state index contributed by atoms with van der Waals surface area (Å²) in [5, 5.41) is 4.44. The van der Waals surface area contributed by atoms with Crippen molar-refractivity contribution in [3.05, 3.63) is 10.6 Å². The Balaban J connectivity index is 3.17. The molecule has 0 aromatic carbocycles. The zero-order chi connectivity index (χ0) is 15.5. The molecule has 0 atom stereocenters. The highest BCUT2D eigenvalue weighted by Gasteiger charge is 2.25. The lowest BCUT2D eigenvalue weighted by Crippen LogP contribution is -2.34. The molecule has 4 heteroatoms. The average Bonchev–Trinajstić information content (AvgIpc) is 2.69. The van der Waals surface area contributed by atoms with Crippen LogP contribution in [0.1, 0.15) is 59.0 Å². The van der Waals surface area contributed by atoms with Crippen LogP contribution in [-0.4, -0.2) is 24.6 Å². The van der Waals surface area contributed by atoms with Crippen molar-refractivity contribution in [2.24, 2.45) is 5.92 Å². The second kappa shape index (κ2) is 6.90. The van der Waals surface area contributed by atoms with Crippen molar-refractivity contribution in [3.8, 4) is 0 Å². The second-order valence-corrected chi connectivity index (χ2v) is 8.25. The summed E-state index contributed by atoms with van der Waals surface area (Å²) in [4.78, 5) is 8.78. The fourth-order valence-corrected chi connectivity index (χ4v) is 3.66. The van der Waals surface area contributed by atoms with E-state index in [0.717, 1.165) is 13.1 Å². The van der Waals surface area contributed by atoms with E-state index < -0.39 is 0 Å². The van der Waals surface area contributed by atoms with Crippen molar-refractivity contribution in [1.82, 2.24) is 10.3 Å². The van der Waals surface area contributed by atoms with Crippen molar-refractivity contribution in [2.75, 3.05) is 18.5 Å². The molecule has 0 bridgehead atoms. The van der Waals surface area contributed by atoms with Crippen molar-refractivity contribution in [3.63, 3.8) is 0 Å². The lowest BCUT2D eigenvalue weighted by atomic mass is 9.91. The molecule has 0 saturated carbocycles. The Labute approximate surface area is 128 Å². The molecule has 1 heterocycles. The number of hydrogen-bond donors (Lipinski definition) is 1. The van der Waals surface area contributed by atoms with Gasteiger partial charge in [0.15, 0.2) is 5.13 Å². The molecule has 20 heavy (non-hydrogen) atoms. The third-order valence-corrected chi connectivity index (χ3v) is 4.26. The van der Waals surface area contributed by atoms with Gasteiger partial charge in [-0.2, -0.15) is 0 Å². The summed E-state index contributed by atoms with van der Waals surface area (Å²) in [6.07, 6.45) is 0. The van der Waals surface area contributed by atoms with Crippen LogP contribution in [0.25, 0.3) is 0 Å². The van der Waals surface area contributed by atoms with E-state index in [9.17, 15) is 0 Å². The van der Waals surface area contributed by atoms with Crippen molar-refractivity contribution in [2.45, 2.75) is 66.5 Å². The summed E-state index contributed by atoms with van der Waals surface area (Å²) in [7, 11) is 2.00. The van der Waals surface area contributed by atoms with E-state index in [4.69, 9.17) is 4.98 Å². The maximum atomic E-state index is 4.98. The minimum Gasteiger partial charge on any atom is -0.345 e. The van der Waals surface area contributed by atoms with Gasteiger partial charge in [0.05, 0.1) is 5.69 Å². The summed E-state index contributed by atoms with van der Waals surface area (Å²) in [5.41, 5.74) is 1.34. The van der Waals surface area contributed by atoms with E-state index in [1.165, 1.54) is 15.7 Å². The molecule has 0 amide bonds. The predicted molar refractivity (Wildman–Crippen MR) is 90.9 cm³/mol. The molecule has 1 aromatic heterocycles. The van der Waals surface area contributed by atoms with Crippen LogP contribution in [0.15, 0.2) is 0 Å². The van der Waals surface area contributed by atoms with Gasteiger partial charge >= 0.3 is 0 Å². The number of aromatic nitrogens is 1. The van der Waals surface area contributed by atoms with Crippen molar-refractivity contribution >= 4 is 16.5 Å². The molecule has 0 radical (unpaired) electrons. The van der Waals surface area contributed by atoms with E-state index in [1.807, 2.05) is 18.4 Å². The van der Waals surface area contributed by atoms with Crippen LogP contribution in [-0.2, 0) is 12.0 Å². The minimum atomic E-state index is 0.0986. The zero-order valence-electron chi connectivity index (χ0n) is 14.4. The molecule has 1 rings (SSSR count). The lowest BCUT2D eigenvalue weighted by molar-refractivity contribution is 0.551. The summed E-state index contributed by atoms with van der Waals surface area (Å²) in [5.74, 6) is 0.645. The highest BCUT2D eigenvalue weighted by molar-refractivity contribution is 7.15. The maximum absolute atomic E-state index is 4.98. The number of nitrogens with one attached hydrogen (secondary N) is 1. The third-order valence-electron chi connectivity index (χ3n) is 3.16. The largest absolute Gasteiger partial charge is 0.345 e. The van der Waals surface area contributed by atoms with E-state index in [2.05, 4.69) is 58.7 Å². The Morgan fingerprint density at radius 2 is 1.80 bits per heavy atom. The van der Waals surface area contributed by atoms with Gasteiger partial charge in [-0.25, -0.2) is 4.98 Å². The van der Waals surface area contributed by atoms with Crippen LogP contribution in [0.3, 0.4) is 0 Å². The average molecular weight is 298 g/mol. The zero-order valence-corrected chi connectivity index (χ0v) is 15.2. The Hall–Kier alpha value is -0.610. The van der Waals surface area contributed by atoms with Crippen molar-refractivity contribution < 1.29 is 0 Å². The fraction of sp³-hybridized carbons (Fsp3) is 0.812. The monoisotopic (exact) mass is 297 g/mol. The normalized spacial score (nSPS) is 12.5. The molecule has 0 aliphatic heterocycles. The molecule has 116 valence electrons. The molecule has 0 unspecified atom stereocenters. The van der Waals surface area contributed by atoms with Gasteiger partial charge in [0.1, 0.15) is 0 Å². The van der Waals surface area contributed by atoms with Crippen molar-refractivity contribution in [1.29, 1.82) is 0 Å². The lowest BCUT2D eigenvalue weighted by Gasteiger charge is -2.28. The second-order valence-electron chi connectivity index (χ2n) is 7.19. The summed E-state index contributed by atoms with van der Waals surface area (Å²) in [6.45, 7) is 17.7. The number of rotatable bonds is 6. The van der Waals surface area contributed by atoms with Crippen LogP contribution < -0.4 is 10.2 Å². The Bertz CT molecular complexity index is 416. The van der Waals surface area contributed by atoms with Crippen LogP contribution >= 0.6 is 11.3 Å². The molecule has 1 N–H and O–H groups in total. The first kappa shape index (κ1) is 17.4. The molecule has 0 saturated heterocycles. The standard InChI is InChI=1S/C16H31N3S/c1-11(2)10-19(12(3)4)15-18-14(16(5,6)7)13(20-15)9-17-8/h11-12,17H,9-10H2,1-8H3. The van der Waals surface area contributed by atoms with Crippen LogP contribution in [0.2, 0.25) is 0 Å². The molecule has 3 nitrogen and oxygen atoms in total. The number of thiazole rings is 1. The first-order valence-electron chi connectivity index (χ1n) is 7.58. The number of anilines is 1. The molecule has 0 aliphatic carbocycles. The summed E-state index contributed by atoms with van der Waals surface area (Å²) < 4.78 is 0. The Morgan fingerprint density at radius 1 is 1.20 bits per heavy atom. The first-order chi connectivity index (χ1) is 9.16. The van der Waals surface area contributed by atoms with Crippen LogP contribution in [0, 0.1) is 5.92 Å². The Morgan fingerprint density at radius 3 is 2.20 bits per heavy atom. The highest BCUT2D eigenvalue weighted by Crippen LogP contribution is 2.34. The minimum absolute atomic E-state index is 0.0986. The molecule has 0 aliphatic rings. The Kier molecular flexibility index (Phi) is 6.02. The molecular formula is C16H31N3S. The van der Waals surface area contributed by atoms with Gasteiger partial charge in [-0.3, -0.25) is 0 Å². The van der Waals surface area contributed by atoms with Gasteiger partial charge in [-0.15, -0.1) is 11.3 Å². The molecule has 0 spiro atoms.